The van der Waals surface area contributed by atoms with Crippen LogP contribution >= 0.6 is 0 Å². The molecule has 43 heavy (non-hydrogen) atoms. The van der Waals surface area contributed by atoms with E-state index in [9.17, 15) is 4.79 Å². The Morgan fingerprint density at radius 3 is 1.33 bits per heavy atom. The van der Waals surface area contributed by atoms with Crippen molar-refractivity contribution in [3.05, 3.63) is 104 Å². The SMILES string of the molecule is Cc1cc(Oc2c(C)cc(Cc3cc(C)c(Oc4cc(C)c(OOC#N)c(C)c4)c(C)c3)cc2C)cc(C)c1ON=C=O. The first kappa shape index (κ1) is 30.7. The lowest BCUT2D eigenvalue weighted by Gasteiger charge is -2.17. The molecule has 0 N–H and O–H groups in total. The first-order chi connectivity index (χ1) is 20.5. The van der Waals surface area contributed by atoms with Crippen LogP contribution in [-0.4, -0.2) is 6.08 Å². The zero-order valence-electron chi connectivity index (χ0n) is 25.7. The monoisotopic (exact) mass is 578 g/mol. The highest BCUT2D eigenvalue weighted by Gasteiger charge is 2.15. The summed E-state index contributed by atoms with van der Waals surface area (Å²) in [5, 5.41) is 11.9. The van der Waals surface area contributed by atoms with Crippen LogP contribution in [-0.2, 0) is 16.1 Å². The number of hydrogen-bond acceptors (Lipinski definition) is 8. The molecule has 4 aromatic rings. The number of ether oxygens (including phenoxy) is 2. The van der Waals surface area contributed by atoms with Crippen molar-refractivity contribution in [3.63, 3.8) is 0 Å². The molecule has 0 aliphatic heterocycles. The summed E-state index contributed by atoms with van der Waals surface area (Å²) in [6.07, 6.45) is 3.67. The van der Waals surface area contributed by atoms with Crippen LogP contribution < -0.4 is 19.2 Å². The number of aryl methyl sites for hydroxylation is 8. The number of benzene rings is 4. The molecule has 0 saturated heterocycles. The Hall–Kier alpha value is -5.25. The summed E-state index contributed by atoms with van der Waals surface area (Å²) < 4.78 is 12.6. The van der Waals surface area contributed by atoms with Gasteiger partial charge >= 0.3 is 6.26 Å². The smallest absolute Gasteiger partial charge is 0.338 e. The minimum Gasteiger partial charge on any atom is -0.457 e. The van der Waals surface area contributed by atoms with E-state index in [0.29, 0.717) is 23.0 Å². The van der Waals surface area contributed by atoms with E-state index in [0.717, 1.165) is 62.4 Å². The molecule has 0 saturated carbocycles. The predicted octanol–water partition coefficient (Wildman–Crippen LogP) is 8.75. The van der Waals surface area contributed by atoms with E-state index < -0.39 is 0 Å². The molecule has 4 rings (SSSR count). The highest BCUT2D eigenvalue weighted by Crippen LogP contribution is 2.37. The molecule has 0 atom stereocenters. The quantitative estimate of drug-likeness (QED) is 0.0610. The van der Waals surface area contributed by atoms with Crippen molar-refractivity contribution in [1.82, 2.24) is 0 Å². The summed E-state index contributed by atoms with van der Waals surface area (Å²) >= 11 is 0. The number of isocyanates is 1. The largest absolute Gasteiger partial charge is 0.457 e. The number of rotatable bonds is 10. The number of nitrogens with zero attached hydrogens (tertiary/aromatic N) is 2. The van der Waals surface area contributed by atoms with Crippen molar-refractivity contribution in [2.45, 2.75) is 61.8 Å². The molecule has 0 aliphatic carbocycles. The Morgan fingerprint density at radius 1 is 0.581 bits per heavy atom. The van der Waals surface area contributed by atoms with Crippen LogP contribution in [0.1, 0.15) is 55.6 Å². The molecule has 0 amide bonds. The van der Waals surface area contributed by atoms with Crippen LogP contribution in [0.3, 0.4) is 0 Å². The maximum atomic E-state index is 10.4. The van der Waals surface area contributed by atoms with Crippen molar-refractivity contribution in [3.8, 4) is 40.8 Å². The third-order valence-electron chi connectivity index (χ3n) is 7.09. The molecule has 220 valence electrons. The third kappa shape index (κ3) is 7.16. The van der Waals surface area contributed by atoms with Crippen LogP contribution in [0.5, 0.6) is 34.5 Å². The zero-order valence-corrected chi connectivity index (χ0v) is 25.7. The first-order valence-corrected chi connectivity index (χ1v) is 13.8. The van der Waals surface area contributed by atoms with Gasteiger partial charge in [-0.25, -0.2) is 9.68 Å². The highest BCUT2D eigenvalue weighted by molar-refractivity contribution is 5.53. The van der Waals surface area contributed by atoms with Gasteiger partial charge in [0.1, 0.15) is 23.0 Å². The van der Waals surface area contributed by atoms with E-state index in [2.05, 4.69) is 34.3 Å². The van der Waals surface area contributed by atoms with E-state index in [4.69, 9.17) is 24.5 Å². The summed E-state index contributed by atoms with van der Waals surface area (Å²) in [7, 11) is 0. The minimum atomic E-state index is 0.499. The average molecular weight is 579 g/mol. The maximum Gasteiger partial charge on any atom is 0.338 e. The molecule has 4 aromatic carbocycles. The fourth-order valence-corrected chi connectivity index (χ4v) is 5.42. The molecule has 0 spiro atoms. The summed E-state index contributed by atoms with van der Waals surface area (Å²) in [5.74, 6) is 3.99. The van der Waals surface area contributed by atoms with Crippen molar-refractivity contribution >= 4 is 6.08 Å². The summed E-state index contributed by atoms with van der Waals surface area (Å²) in [6.45, 7) is 15.7. The number of hydrogen-bond donors (Lipinski definition) is 0. The van der Waals surface area contributed by atoms with Gasteiger partial charge in [0.25, 0.3) is 6.08 Å². The van der Waals surface area contributed by atoms with Gasteiger partial charge in [0.15, 0.2) is 11.5 Å². The Labute approximate surface area is 252 Å². The van der Waals surface area contributed by atoms with Crippen LogP contribution in [0.4, 0.5) is 0 Å². The van der Waals surface area contributed by atoms with Crippen LogP contribution in [0.15, 0.2) is 53.7 Å². The normalized spacial score (nSPS) is 10.4. The highest BCUT2D eigenvalue weighted by atomic mass is 17.2. The second-order valence-corrected chi connectivity index (χ2v) is 10.8. The summed E-state index contributed by atoms with van der Waals surface area (Å²) in [4.78, 5) is 25.1. The second kappa shape index (κ2) is 13.2. The van der Waals surface area contributed by atoms with Gasteiger partial charge in [0.05, 0.1) is 0 Å². The topological polar surface area (TPSA) is 99.4 Å². The fourth-order valence-electron chi connectivity index (χ4n) is 5.42. The van der Waals surface area contributed by atoms with Gasteiger partial charge in [-0.2, -0.15) is 0 Å². The van der Waals surface area contributed by atoms with Gasteiger partial charge in [-0.05, 0) is 131 Å². The molecule has 0 aliphatic rings. The molecule has 8 heteroatoms. The van der Waals surface area contributed by atoms with Crippen LogP contribution in [0.2, 0.25) is 0 Å². The minimum absolute atomic E-state index is 0.499. The van der Waals surface area contributed by atoms with E-state index in [-0.39, 0.29) is 0 Å². The molecule has 8 nitrogen and oxygen atoms in total. The second-order valence-electron chi connectivity index (χ2n) is 10.8. The lowest BCUT2D eigenvalue weighted by Crippen LogP contribution is -1.99. The Morgan fingerprint density at radius 2 is 0.953 bits per heavy atom. The lowest BCUT2D eigenvalue weighted by molar-refractivity contribution is -0.137. The summed E-state index contributed by atoms with van der Waals surface area (Å²) in [6, 6.07) is 16.0. The van der Waals surface area contributed by atoms with Crippen molar-refractivity contribution < 1.29 is 28.9 Å². The lowest BCUT2D eigenvalue weighted by atomic mass is 9.97. The Balaban J connectivity index is 1.52. The number of carbonyl (C=O) groups excluding carboxylic acids is 1. The molecule has 0 fully saturated rings. The summed E-state index contributed by atoms with van der Waals surface area (Å²) in [5.41, 5.74) is 9.70. The Kier molecular flexibility index (Phi) is 9.39. The molecule has 0 bridgehead atoms. The predicted molar refractivity (Wildman–Crippen MR) is 163 cm³/mol. The number of nitriles is 1. The van der Waals surface area contributed by atoms with Gasteiger partial charge in [-0.15, -0.1) is 5.26 Å². The van der Waals surface area contributed by atoms with Gasteiger partial charge in [-0.3, -0.25) is 4.89 Å². The van der Waals surface area contributed by atoms with Crippen molar-refractivity contribution in [2.75, 3.05) is 0 Å². The van der Waals surface area contributed by atoms with E-state index in [1.807, 2.05) is 79.7 Å². The van der Waals surface area contributed by atoms with Crippen molar-refractivity contribution in [2.24, 2.45) is 5.16 Å². The maximum absolute atomic E-state index is 10.4. The van der Waals surface area contributed by atoms with Gasteiger partial charge in [0.2, 0.25) is 0 Å². The fraction of sp³-hybridized carbons (Fsp3) is 0.257. The molecule has 0 radical (unpaired) electrons. The van der Waals surface area contributed by atoms with Crippen LogP contribution in [0.25, 0.3) is 0 Å². The zero-order chi connectivity index (χ0) is 31.3. The van der Waals surface area contributed by atoms with Gasteiger partial charge < -0.3 is 14.3 Å². The van der Waals surface area contributed by atoms with Crippen LogP contribution in [0, 0.1) is 66.9 Å². The molecular weight excluding hydrogens is 544 g/mol. The molecule has 0 heterocycles. The average Bonchev–Trinajstić information content (AvgIpc) is 2.92. The van der Waals surface area contributed by atoms with Crippen molar-refractivity contribution in [1.29, 1.82) is 5.26 Å². The van der Waals surface area contributed by atoms with Gasteiger partial charge in [-0.1, -0.05) is 24.3 Å². The Bertz CT molecular complexity index is 1690. The third-order valence-corrected chi connectivity index (χ3v) is 7.09. The standard InChI is InChI=1S/C35H34N2O6/c1-20-9-28(10-21(2)32(20)40-30-13-24(5)34(25(6)14-30)42-37-19-38)17-29-11-22(3)33(23(4)12-29)41-31-15-26(7)35(27(8)16-31)43-39-18-36/h9-16H,17H2,1-8H3. The van der Waals surface area contributed by atoms with E-state index >= 15 is 0 Å². The molecular formula is C35H34N2O6. The molecule has 0 unspecified atom stereocenters. The molecule has 0 aromatic heterocycles. The first-order valence-electron chi connectivity index (χ1n) is 13.8. The van der Waals surface area contributed by atoms with E-state index in [1.165, 1.54) is 23.5 Å². The van der Waals surface area contributed by atoms with E-state index in [1.54, 1.807) is 0 Å². The van der Waals surface area contributed by atoms with Gasteiger partial charge in [0, 0.05) is 16.3 Å².